The number of rotatable bonds is 0. The molecule has 1 N–H and O–H groups in total. The SMILES string of the molecule is CP1(=O)c2ccccc2-c2ccccc2Nc2ccccc2-c2ccccc21. The van der Waals surface area contributed by atoms with Gasteiger partial charge in [-0.1, -0.05) is 84.9 Å². The molecule has 4 aromatic carbocycles. The molecular weight excluding hydrogens is 361 g/mol. The Bertz CT molecular complexity index is 1150. The summed E-state index contributed by atoms with van der Waals surface area (Å²) in [5, 5.41) is 5.43. The molecule has 0 saturated heterocycles. The maximum atomic E-state index is 14.3. The molecule has 0 bridgehead atoms. The van der Waals surface area contributed by atoms with Gasteiger partial charge in [0.15, 0.2) is 0 Å². The first-order valence-corrected chi connectivity index (χ1v) is 11.5. The van der Waals surface area contributed by atoms with Crippen LogP contribution in [0.5, 0.6) is 0 Å². The van der Waals surface area contributed by atoms with E-state index < -0.39 is 7.14 Å². The molecule has 0 radical (unpaired) electrons. The number of hydrogen-bond donors (Lipinski definition) is 1. The molecule has 4 aromatic rings. The van der Waals surface area contributed by atoms with Crippen molar-refractivity contribution >= 4 is 29.1 Å². The fraction of sp³-hybridized carbons (Fsp3) is 0.0400. The zero-order valence-electron chi connectivity index (χ0n) is 15.6. The molecule has 136 valence electrons. The van der Waals surface area contributed by atoms with Crippen LogP contribution >= 0.6 is 7.14 Å². The number of hydrogen-bond acceptors (Lipinski definition) is 2. The van der Waals surface area contributed by atoms with Gasteiger partial charge in [-0.3, -0.25) is 0 Å². The van der Waals surface area contributed by atoms with Gasteiger partial charge >= 0.3 is 0 Å². The zero-order chi connectivity index (χ0) is 19.1. The first-order valence-electron chi connectivity index (χ1n) is 9.39. The van der Waals surface area contributed by atoms with Gasteiger partial charge in [-0.25, -0.2) is 0 Å². The van der Waals surface area contributed by atoms with Crippen LogP contribution < -0.4 is 15.9 Å². The number of nitrogens with one attached hydrogen (secondary N) is 1. The minimum atomic E-state index is -2.82. The summed E-state index contributed by atoms with van der Waals surface area (Å²) in [6.45, 7) is 1.89. The second-order valence-electron chi connectivity index (χ2n) is 7.17. The van der Waals surface area contributed by atoms with Crippen LogP contribution in [0.2, 0.25) is 0 Å². The second kappa shape index (κ2) is 6.51. The van der Waals surface area contributed by atoms with Crippen molar-refractivity contribution in [2.24, 2.45) is 0 Å². The molecule has 3 heteroatoms. The number of benzene rings is 4. The molecule has 0 atom stereocenters. The van der Waals surface area contributed by atoms with Crippen molar-refractivity contribution < 1.29 is 4.57 Å². The molecule has 0 aromatic heterocycles. The Morgan fingerprint density at radius 3 is 1.36 bits per heavy atom. The highest BCUT2D eigenvalue weighted by atomic mass is 31.2. The minimum absolute atomic E-state index is 0.899. The molecule has 0 spiro atoms. The fourth-order valence-electron chi connectivity index (χ4n) is 4.08. The van der Waals surface area contributed by atoms with Gasteiger partial charge in [0.25, 0.3) is 0 Å². The van der Waals surface area contributed by atoms with Crippen molar-refractivity contribution in [1.29, 1.82) is 0 Å². The lowest BCUT2D eigenvalue weighted by Gasteiger charge is -2.25. The maximum Gasteiger partial charge on any atom is 0.141 e. The summed E-state index contributed by atoms with van der Waals surface area (Å²) in [6.07, 6.45) is 0. The van der Waals surface area contributed by atoms with Crippen molar-refractivity contribution in [2.45, 2.75) is 0 Å². The average Bonchev–Trinajstić information content (AvgIpc) is 2.74. The first kappa shape index (κ1) is 17.0. The Hall–Kier alpha value is -3.09. The standard InChI is InChI=1S/C25H20NOP/c1-28(27)24-16-8-4-12-20(24)18-10-2-6-14-22(18)26-23-15-7-3-11-19(23)21-13-5-9-17-25(21)28/h2-17,26H,1H3. The molecule has 28 heavy (non-hydrogen) atoms. The molecule has 1 aliphatic heterocycles. The lowest BCUT2D eigenvalue weighted by molar-refractivity contribution is 0.590. The van der Waals surface area contributed by atoms with E-state index in [1.165, 1.54) is 0 Å². The van der Waals surface area contributed by atoms with Crippen LogP contribution in [0.4, 0.5) is 11.4 Å². The van der Waals surface area contributed by atoms with Crippen molar-refractivity contribution in [1.82, 2.24) is 0 Å². The van der Waals surface area contributed by atoms with E-state index in [0.717, 1.165) is 44.2 Å². The Morgan fingerprint density at radius 1 is 0.536 bits per heavy atom. The predicted molar refractivity (Wildman–Crippen MR) is 120 cm³/mol. The molecule has 1 heterocycles. The summed E-state index contributed by atoms with van der Waals surface area (Å²) in [5.74, 6) is 0. The van der Waals surface area contributed by atoms with Crippen molar-refractivity contribution in [3.05, 3.63) is 97.1 Å². The quantitative estimate of drug-likeness (QED) is 0.377. The van der Waals surface area contributed by atoms with Gasteiger partial charge in [-0.2, -0.15) is 0 Å². The first-order chi connectivity index (χ1) is 13.7. The van der Waals surface area contributed by atoms with Gasteiger partial charge in [0.1, 0.15) is 7.14 Å². The lowest BCUT2D eigenvalue weighted by atomic mass is 10.0. The van der Waals surface area contributed by atoms with Crippen LogP contribution in [0, 0.1) is 0 Å². The largest absolute Gasteiger partial charge is 0.355 e. The number of fused-ring (bicyclic) bond motifs is 6. The summed E-state index contributed by atoms with van der Waals surface area (Å²) < 4.78 is 14.3. The molecular formula is C25H20NOP. The molecule has 0 aliphatic carbocycles. The number of anilines is 2. The molecule has 2 nitrogen and oxygen atoms in total. The van der Waals surface area contributed by atoms with E-state index in [-0.39, 0.29) is 0 Å². The Labute approximate surface area is 165 Å². The zero-order valence-corrected chi connectivity index (χ0v) is 16.5. The Kier molecular flexibility index (Phi) is 3.96. The summed E-state index contributed by atoms with van der Waals surface area (Å²) in [7, 11) is -2.82. The van der Waals surface area contributed by atoms with Crippen LogP contribution in [-0.2, 0) is 4.57 Å². The summed E-state index contributed by atoms with van der Waals surface area (Å²) >= 11 is 0. The molecule has 0 amide bonds. The highest BCUT2D eigenvalue weighted by Crippen LogP contribution is 2.47. The summed E-state index contributed by atoms with van der Waals surface area (Å²) in [6, 6.07) is 32.6. The third-order valence-corrected chi connectivity index (χ3v) is 8.05. The Balaban J connectivity index is 1.94. The Morgan fingerprint density at radius 2 is 0.893 bits per heavy atom. The van der Waals surface area contributed by atoms with Gasteiger partial charge in [-0.15, -0.1) is 0 Å². The maximum absolute atomic E-state index is 14.3. The van der Waals surface area contributed by atoms with Crippen LogP contribution in [0.25, 0.3) is 22.3 Å². The monoisotopic (exact) mass is 381 g/mol. The topological polar surface area (TPSA) is 29.1 Å². The van der Waals surface area contributed by atoms with E-state index in [2.05, 4.69) is 41.7 Å². The van der Waals surface area contributed by atoms with Crippen molar-refractivity contribution in [3.63, 3.8) is 0 Å². The molecule has 0 unspecified atom stereocenters. The van der Waals surface area contributed by atoms with Crippen LogP contribution in [0.3, 0.4) is 0 Å². The summed E-state index contributed by atoms with van der Waals surface area (Å²) in [4.78, 5) is 0. The van der Waals surface area contributed by atoms with Crippen LogP contribution in [-0.4, -0.2) is 6.66 Å². The molecule has 0 saturated carbocycles. The number of para-hydroxylation sites is 2. The van der Waals surface area contributed by atoms with E-state index in [4.69, 9.17) is 0 Å². The van der Waals surface area contributed by atoms with Crippen molar-refractivity contribution in [2.75, 3.05) is 12.0 Å². The van der Waals surface area contributed by atoms with Gasteiger partial charge < -0.3 is 9.88 Å². The lowest BCUT2D eigenvalue weighted by Crippen LogP contribution is -2.20. The van der Waals surface area contributed by atoms with Crippen molar-refractivity contribution in [3.8, 4) is 22.3 Å². The third-order valence-electron chi connectivity index (χ3n) is 5.43. The normalized spacial score (nSPS) is 13.9. The highest BCUT2D eigenvalue weighted by Gasteiger charge is 2.29. The highest BCUT2D eigenvalue weighted by molar-refractivity contribution is 7.78. The van der Waals surface area contributed by atoms with E-state index >= 15 is 0 Å². The van der Waals surface area contributed by atoms with Gasteiger partial charge in [0, 0.05) is 33.1 Å². The average molecular weight is 381 g/mol. The molecule has 0 fully saturated rings. The van der Waals surface area contributed by atoms with E-state index in [0.29, 0.717) is 0 Å². The molecule has 1 aliphatic rings. The minimum Gasteiger partial charge on any atom is -0.355 e. The van der Waals surface area contributed by atoms with E-state index in [1.54, 1.807) is 0 Å². The van der Waals surface area contributed by atoms with E-state index in [1.807, 2.05) is 67.3 Å². The fourth-order valence-corrected chi connectivity index (χ4v) is 6.39. The van der Waals surface area contributed by atoms with Crippen LogP contribution in [0.15, 0.2) is 97.1 Å². The molecule has 5 rings (SSSR count). The van der Waals surface area contributed by atoms with Gasteiger partial charge in [-0.05, 0) is 29.9 Å². The summed E-state index contributed by atoms with van der Waals surface area (Å²) in [5.41, 5.74) is 6.20. The van der Waals surface area contributed by atoms with E-state index in [9.17, 15) is 4.57 Å². The predicted octanol–water partition coefficient (Wildman–Crippen LogP) is 6.02. The smallest absolute Gasteiger partial charge is 0.141 e. The van der Waals surface area contributed by atoms with Gasteiger partial charge in [0.05, 0.1) is 0 Å². The second-order valence-corrected chi connectivity index (χ2v) is 9.99. The van der Waals surface area contributed by atoms with Gasteiger partial charge in [0.2, 0.25) is 0 Å². The van der Waals surface area contributed by atoms with Crippen LogP contribution in [0.1, 0.15) is 0 Å². The third kappa shape index (κ3) is 2.61.